The Balaban J connectivity index is 1.56. The molecule has 0 saturated carbocycles. The third-order valence-electron chi connectivity index (χ3n) is 6.26. The summed E-state index contributed by atoms with van der Waals surface area (Å²) in [6, 6.07) is 27.4. The van der Waals surface area contributed by atoms with Crippen molar-refractivity contribution in [2.75, 3.05) is 0 Å². The van der Waals surface area contributed by atoms with E-state index in [2.05, 4.69) is 12.2 Å². The second-order valence-corrected chi connectivity index (χ2v) is 10.4. The molecule has 192 valence electrons. The van der Waals surface area contributed by atoms with E-state index in [4.69, 9.17) is 26.7 Å². The summed E-state index contributed by atoms with van der Waals surface area (Å²) < 4.78 is 1.88. The van der Waals surface area contributed by atoms with Gasteiger partial charge in [0.25, 0.3) is 0 Å². The van der Waals surface area contributed by atoms with Gasteiger partial charge in [-0.1, -0.05) is 104 Å². The Hall–Kier alpha value is -3.68. The molecule has 0 aliphatic carbocycles. The molecule has 5 aromatic rings. The van der Waals surface area contributed by atoms with Crippen LogP contribution in [0.5, 0.6) is 0 Å². The van der Waals surface area contributed by atoms with E-state index in [-0.39, 0.29) is 11.2 Å². The van der Waals surface area contributed by atoms with Crippen LogP contribution >= 0.6 is 23.4 Å². The SMILES string of the molecule is CCc1nn(-c2ccccc2)c2nc(-c3ccccc3)nc(SC(CC)C(=O)NCc3ccccc3Cl)c12. The van der Waals surface area contributed by atoms with E-state index < -0.39 is 0 Å². The lowest BCUT2D eigenvalue weighted by molar-refractivity contribution is -0.120. The first kappa shape index (κ1) is 25.9. The van der Waals surface area contributed by atoms with Crippen molar-refractivity contribution in [1.29, 1.82) is 0 Å². The highest BCUT2D eigenvalue weighted by molar-refractivity contribution is 8.00. The second-order valence-electron chi connectivity index (χ2n) is 8.79. The number of hydrogen-bond donors (Lipinski definition) is 1. The van der Waals surface area contributed by atoms with E-state index in [0.29, 0.717) is 30.2 Å². The molecule has 38 heavy (non-hydrogen) atoms. The maximum absolute atomic E-state index is 13.3. The number of carbonyl (C=O) groups is 1. The number of rotatable bonds is 9. The Kier molecular flexibility index (Phi) is 8.05. The van der Waals surface area contributed by atoms with E-state index in [9.17, 15) is 4.79 Å². The molecule has 6 nitrogen and oxygen atoms in total. The standard InChI is InChI=1S/C30H28ClN5OS/c1-3-24-26-28(36(35-24)22-16-9-6-10-17-22)33-27(20-13-7-5-8-14-20)34-30(26)38-25(4-2)29(37)32-19-21-15-11-12-18-23(21)31/h5-18,25H,3-4,19H2,1-2H3,(H,32,37). The van der Waals surface area contributed by atoms with Gasteiger partial charge in [-0.2, -0.15) is 5.10 Å². The average molecular weight is 542 g/mol. The fourth-order valence-electron chi connectivity index (χ4n) is 4.25. The number of hydrogen-bond acceptors (Lipinski definition) is 5. The molecule has 0 aliphatic heterocycles. The van der Waals surface area contributed by atoms with Crippen molar-refractivity contribution in [1.82, 2.24) is 25.1 Å². The van der Waals surface area contributed by atoms with E-state index in [0.717, 1.165) is 38.6 Å². The van der Waals surface area contributed by atoms with Gasteiger partial charge >= 0.3 is 0 Å². The maximum atomic E-state index is 13.3. The largest absolute Gasteiger partial charge is 0.351 e. The number of para-hydroxylation sites is 1. The van der Waals surface area contributed by atoms with Crippen LogP contribution in [0.15, 0.2) is 90.0 Å². The fraction of sp³-hybridized carbons (Fsp3) is 0.200. The topological polar surface area (TPSA) is 72.7 Å². The number of halogens is 1. The van der Waals surface area contributed by atoms with Crippen molar-refractivity contribution in [3.63, 3.8) is 0 Å². The van der Waals surface area contributed by atoms with Crippen LogP contribution in [0.4, 0.5) is 0 Å². The van der Waals surface area contributed by atoms with Crippen molar-refractivity contribution in [2.45, 2.75) is 43.5 Å². The van der Waals surface area contributed by atoms with Crippen LogP contribution in [0.2, 0.25) is 5.02 Å². The van der Waals surface area contributed by atoms with Crippen LogP contribution in [0.3, 0.4) is 0 Å². The predicted octanol–water partition coefficient (Wildman–Crippen LogP) is 6.89. The van der Waals surface area contributed by atoms with Gasteiger partial charge in [-0.3, -0.25) is 4.79 Å². The molecule has 5 rings (SSSR count). The summed E-state index contributed by atoms with van der Waals surface area (Å²) in [5, 5.41) is 9.92. The summed E-state index contributed by atoms with van der Waals surface area (Å²) in [7, 11) is 0. The fourth-order valence-corrected chi connectivity index (χ4v) is 5.54. The van der Waals surface area contributed by atoms with E-state index in [1.807, 2.05) is 96.5 Å². The van der Waals surface area contributed by atoms with Crippen LogP contribution in [0, 0.1) is 0 Å². The molecule has 2 aromatic heterocycles. The highest BCUT2D eigenvalue weighted by Gasteiger charge is 2.25. The van der Waals surface area contributed by atoms with Gasteiger partial charge < -0.3 is 5.32 Å². The molecule has 0 spiro atoms. The zero-order valence-electron chi connectivity index (χ0n) is 21.3. The monoisotopic (exact) mass is 541 g/mol. The maximum Gasteiger partial charge on any atom is 0.233 e. The Morgan fingerprint density at radius 3 is 2.32 bits per heavy atom. The third kappa shape index (κ3) is 5.44. The average Bonchev–Trinajstić information content (AvgIpc) is 3.35. The highest BCUT2D eigenvalue weighted by atomic mass is 35.5. The van der Waals surface area contributed by atoms with Crippen molar-refractivity contribution in [3.05, 3.63) is 101 Å². The van der Waals surface area contributed by atoms with Crippen LogP contribution in [-0.2, 0) is 17.8 Å². The molecule has 0 radical (unpaired) electrons. The van der Waals surface area contributed by atoms with Crippen molar-refractivity contribution in [3.8, 4) is 17.1 Å². The van der Waals surface area contributed by atoms with Crippen LogP contribution in [0.1, 0.15) is 31.5 Å². The molecule has 8 heteroatoms. The first-order chi connectivity index (χ1) is 18.6. The summed E-state index contributed by atoms with van der Waals surface area (Å²) in [4.78, 5) is 23.3. The summed E-state index contributed by atoms with van der Waals surface area (Å²) in [6.07, 6.45) is 1.35. The van der Waals surface area contributed by atoms with E-state index in [1.165, 1.54) is 11.8 Å². The molecular weight excluding hydrogens is 514 g/mol. The molecule has 1 amide bonds. The molecule has 0 bridgehead atoms. The Bertz CT molecular complexity index is 1560. The Morgan fingerprint density at radius 1 is 0.947 bits per heavy atom. The molecule has 0 fully saturated rings. The van der Waals surface area contributed by atoms with Gasteiger partial charge in [0.15, 0.2) is 11.5 Å². The van der Waals surface area contributed by atoms with Gasteiger partial charge in [-0.15, -0.1) is 0 Å². The lowest BCUT2D eigenvalue weighted by Crippen LogP contribution is -2.32. The van der Waals surface area contributed by atoms with Crippen molar-refractivity contribution >= 4 is 40.3 Å². The minimum atomic E-state index is -0.344. The number of carbonyl (C=O) groups excluding carboxylic acids is 1. The van der Waals surface area contributed by atoms with E-state index >= 15 is 0 Å². The number of nitrogens with one attached hydrogen (secondary N) is 1. The summed E-state index contributed by atoms with van der Waals surface area (Å²) in [5.74, 6) is 0.547. The Morgan fingerprint density at radius 2 is 1.63 bits per heavy atom. The van der Waals surface area contributed by atoms with Gasteiger partial charge in [0.2, 0.25) is 5.91 Å². The molecule has 1 N–H and O–H groups in total. The van der Waals surface area contributed by atoms with Gasteiger partial charge in [0.05, 0.1) is 22.0 Å². The second kappa shape index (κ2) is 11.8. The number of thioether (sulfide) groups is 1. The minimum Gasteiger partial charge on any atom is -0.351 e. The molecule has 0 aliphatic rings. The summed E-state index contributed by atoms with van der Waals surface area (Å²) in [6.45, 7) is 4.46. The normalized spacial score (nSPS) is 12.0. The number of aromatic nitrogens is 4. The quantitative estimate of drug-likeness (QED) is 0.162. The molecule has 3 aromatic carbocycles. The lowest BCUT2D eigenvalue weighted by atomic mass is 10.2. The van der Waals surface area contributed by atoms with Crippen molar-refractivity contribution < 1.29 is 4.79 Å². The van der Waals surface area contributed by atoms with Gasteiger partial charge in [0.1, 0.15) is 5.03 Å². The highest BCUT2D eigenvalue weighted by Crippen LogP contribution is 2.35. The smallest absolute Gasteiger partial charge is 0.233 e. The van der Waals surface area contributed by atoms with Crippen LogP contribution in [0.25, 0.3) is 28.1 Å². The summed E-state index contributed by atoms with van der Waals surface area (Å²) >= 11 is 7.76. The minimum absolute atomic E-state index is 0.0565. The number of nitrogens with zero attached hydrogens (tertiary/aromatic N) is 4. The molecule has 1 unspecified atom stereocenters. The number of benzene rings is 3. The van der Waals surface area contributed by atoms with Crippen LogP contribution < -0.4 is 5.32 Å². The molecular formula is C30H28ClN5OS. The zero-order chi connectivity index (χ0) is 26.5. The predicted molar refractivity (Wildman–Crippen MR) is 155 cm³/mol. The lowest BCUT2D eigenvalue weighted by Gasteiger charge is -2.16. The van der Waals surface area contributed by atoms with Crippen LogP contribution in [-0.4, -0.2) is 30.9 Å². The first-order valence-corrected chi connectivity index (χ1v) is 13.9. The van der Waals surface area contributed by atoms with Gasteiger partial charge in [-0.05, 0) is 36.6 Å². The summed E-state index contributed by atoms with van der Waals surface area (Å²) in [5.41, 5.74) is 4.35. The number of aryl methyl sites for hydroxylation is 1. The van der Waals surface area contributed by atoms with Crippen molar-refractivity contribution in [2.24, 2.45) is 0 Å². The molecule has 0 saturated heterocycles. The zero-order valence-corrected chi connectivity index (χ0v) is 22.8. The van der Waals surface area contributed by atoms with E-state index in [1.54, 1.807) is 0 Å². The Labute approximate surface area is 231 Å². The van der Waals surface area contributed by atoms with Gasteiger partial charge in [0, 0.05) is 17.1 Å². The molecule has 2 heterocycles. The molecule has 1 atom stereocenters. The first-order valence-electron chi connectivity index (χ1n) is 12.7. The number of amides is 1. The van der Waals surface area contributed by atoms with Gasteiger partial charge in [-0.25, -0.2) is 14.6 Å². The number of fused-ring (bicyclic) bond motifs is 1. The third-order valence-corrected chi connectivity index (χ3v) is 7.98.